The van der Waals surface area contributed by atoms with Gasteiger partial charge in [-0.15, -0.1) is 0 Å². The van der Waals surface area contributed by atoms with Crippen LogP contribution in [0.5, 0.6) is 5.75 Å². The van der Waals surface area contributed by atoms with Crippen LogP contribution in [0.4, 0.5) is 5.69 Å². The number of benzene rings is 1. The molecule has 0 bridgehead atoms. The second-order valence-corrected chi connectivity index (χ2v) is 8.88. The molecule has 3 atom stereocenters. The molecule has 0 saturated heterocycles. The zero-order chi connectivity index (χ0) is 25.5. The first-order chi connectivity index (χ1) is 16.7. The van der Waals surface area contributed by atoms with E-state index in [0.717, 1.165) is 0 Å². The van der Waals surface area contributed by atoms with Gasteiger partial charge < -0.3 is 24.6 Å². The number of nitrogens with one attached hydrogen (secondary N) is 1. The Morgan fingerprint density at radius 3 is 2.63 bits per heavy atom. The molecule has 0 unspecified atom stereocenters. The molecule has 35 heavy (non-hydrogen) atoms. The van der Waals surface area contributed by atoms with Gasteiger partial charge in [-0.2, -0.15) is 0 Å². The maximum Gasteiger partial charge on any atom is 0.272 e. The number of ether oxygens (including phenoxy) is 2. The molecular weight excluding hydrogens is 448 g/mol. The monoisotopic (exact) mass is 482 g/mol. The zero-order valence-corrected chi connectivity index (χ0v) is 21.0. The van der Waals surface area contributed by atoms with Gasteiger partial charge in [0.15, 0.2) is 0 Å². The van der Waals surface area contributed by atoms with Gasteiger partial charge in [-0.3, -0.25) is 19.4 Å². The molecule has 1 aliphatic rings. The molecule has 2 aromatic rings. The number of carbonyl (C=O) groups is 3. The van der Waals surface area contributed by atoms with Crippen molar-refractivity contribution in [1.82, 2.24) is 14.8 Å². The highest BCUT2D eigenvalue weighted by Crippen LogP contribution is 2.27. The highest BCUT2D eigenvalue weighted by Gasteiger charge is 2.31. The van der Waals surface area contributed by atoms with Gasteiger partial charge in [0, 0.05) is 51.5 Å². The molecule has 0 radical (unpaired) electrons. The Balaban J connectivity index is 1.98. The van der Waals surface area contributed by atoms with Gasteiger partial charge in [0.1, 0.15) is 18.1 Å². The fraction of sp³-hybridized carbons (Fsp3) is 0.462. The van der Waals surface area contributed by atoms with E-state index in [2.05, 4.69) is 10.3 Å². The van der Waals surface area contributed by atoms with Crippen molar-refractivity contribution < 1.29 is 23.9 Å². The van der Waals surface area contributed by atoms with Crippen LogP contribution in [0.25, 0.3) is 0 Å². The van der Waals surface area contributed by atoms with Gasteiger partial charge in [-0.05, 0) is 37.3 Å². The number of aromatic nitrogens is 1. The number of anilines is 1. The Hall–Kier alpha value is -3.46. The molecule has 188 valence electrons. The normalized spacial score (nSPS) is 21.3. The fourth-order valence-corrected chi connectivity index (χ4v) is 4.02. The van der Waals surface area contributed by atoms with E-state index < -0.39 is 0 Å². The van der Waals surface area contributed by atoms with E-state index in [-0.39, 0.29) is 42.4 Å². The Labute approximate surface area is 206 Å². The molecule has 1 aromatic carbocycles. The summed E-state index contributed by atoms with van der Waals surface area (Å²) < 4.78 is 11.8. The number of pyridine rings is 1. The van der Waals surface area contributed by atoms with Crippen molar-refractivity contribution in [3.05, 3.63) is 53.9 Å². The third-order valence-corrected chi connectivity index (χ3v) is 6.19. The minimum absolute atomic E-state index is 0.0700. The largest absolute Gasteiger partial charge is 0.491 e. The van der Waals surface area contributed by atoms with E-state index in [1.54, 1.807) is 73.5 Å². The summed E-state index contributed by atoms with van der Waals surface area (Å²) in [7, 11) is 3.31. The summed E-state index contributed by atoms with van der Waals surface area (Å²) in [4.78, 5) is 46.2. The third kappa shape index (κ3) is 6.36. The number of amides is 3. The molecule has 1 N–H and O–H groups in total. The lowest BCUT2D eigenvalue weighted by atomic mass is 10.0. The molecule has 0 saturated carbocycles. The molecule has 1 aromatic heterocycles. The first kappa shape index (κ1) is 26.2. The van der Waals surface area contributed by atoms with Gasteiger partial charge in [-0.1, -0.05) is 19.9 Å². The van der Waals surface area contributed by atoms with E-state index in [1.807, 2.05) is 13.8 Å². The van der Waals surface area contributed by atoms with Crippen LogP contribution in [0.3, 0.4) is 0 Å². The van der Waals surface area contributed by atoms with E-state index in [4.69, 9.17) is 9.47 Å². The van der Waals surface area contributed by atoms with Crippen LogP contribution in [-0.2, 0) is 9.53 Å². The van der Waals surface area contributed by atoms with E-state index >= 15 is 0 Å². The average molecular weight is 483 g/mol. The molecular formula is C26H34N4O5. The van der Waals surface area contributed by atoms with Gasteiger partial charge in [0.05, 0.1) is 17.7 Å². The number of hydrogen-bond acceptors (Lipinski definition) is 6. The number of likely N-dealkylation sites (N-methyl/N-ethyl adjacent to an activating group) is 1. The lowest BCUT2D eigenvalue weighted by Crippen LogP contribution is -2.48. The topological polar surface area (TPSA) is 101 Å². The lowest BCUT2D eigenvalue weighted by molar-refractivity contribution is -0.115. The first-order valence-corrected chi connectivity index (χ1v) is 11.8. The van der Waals surface area contributed by atoms with Crippen molar-refractivity contribution in [1.29, 1.82) is 0 Å². The second-order valence-electron chi connectivity index (χ2n) is 8.88. The second kappa shape index (κ2) is 11.8. The van der Waals surface area contributed by atoms with Crippen molar-refractivity contribution >= 4 is 23.4 Å². The first-order valence-electron chi connectivity index (χ1n) is 11.8. The maximum atomic E-state index is 13.4. The number of hydrogen-bond donors (Lipinski definition) is 1. The summed E-state index contributed by atoms with van der Waals surface area (Å²) in [5, 5.41) is 2.79. The minimum atomic E-state index is -0.304. The lowest BCUT2D eigenvalue weighted by Gasteiger charge is -2.36. The van der Waals surface area contributed by atoms with Crippen LogP contribution in [-0.4, -0.2) is 78.5 Å². The molecule has 0 fully saturated rings. The number of fused-ring (bicyclic) bond motifs is 1. The minimum Gasteiger partial charge on any atom is -0.491 e. The summed E-state index contributed by atoms with van der Waals surface area (Å²) in [6.45, 7) is 6.57. The smallest absolute Gasteiger partial charge is 0.272 e. The van der Waals surface area contributed by atoms with Gasteiger partial charge in [0.2, 0.25) is 5.91 Å². The SMILES string of the molecule is CCC(=O)Nc1ccc2c(c1)C(=O)N(C)C[C@H](OC)[C@@H](C)CN(C(=O)c1ccccn1)[C@@H](C)CO2. The Kier molecular flexibility index (Phi) is 8.81. The van der Waals surface area contributed by atoms with Crippen molar-refractivity contribution in [2.24, 2.45) is 5.92 Å². The summed E-state index contributed by atoms with van der Waals surface area (Å²) >= 11 is 0. The molecule has 2 heterocycles. The molecule has 0 spiro atoms. The van der Waals surface area contributed by atoms with Crippen molar-refractivity contribution in [2.45, 2.75) is 39.3 Å². The molecule has 3 amide bonds. The van der Waals surface area contributed by atoms with Crippen molar-refractivity contribution in [2.75, 3.05) is 39.2 Å². The van der Waals surface area contributed by atoms with Gasteiger partial charge >= 0.3 is 0 Å². The Bertz CT molecular complexity index is 1050. The standard InChI is InChI=1S/C26H34N4O5/c1-6-24(31)28-19-10-11-22-20(13-19)25(32)29(4)15-23(34-5)17(2)14-30(18(3)16-35-22)26(33)21-9-7-8-12-27-21/h7-13,17-18,23H,6,14-16H2,1-5H3,(H,28,31)/t17-,18-,23-/m0/s1. The quantitative estimate of drug-likeness (QED) is 0.719. The van der Waals surface area contributed by atoms with Crippen molar-refractivity contribution in [3.63, 3.8) is 0 Å². The number of methoxy groups -OCH3 is 1. The fourth-order valence-electron chi connectivity index (χ4n) is 4.02. The molecule has 3 rings (SSSR count). The van der Waals surface area contributed by atoms with E-state index in [1.165, 1.54) is 0 Å². The Morgan fingerprint density at radius 1 is 1.20 bits per heavy atom. The zero-order valence-electron chi connectivity index (χ0n) is 21.0. The predicted octanol–water partition coefficient (Wildman–Crippen LogP) is 3.08. The van der Waals surface area contributed by atoms with E-state index in [0.29, 0.717) is 42.2 Å². The number of carbonyl (C=O) groups excluding carboxylic acids is 3. The van der Waals surface area contributed by atoms with Crippen molar-refractivity contribution in [3.8, 4) is 5.75 Å². The molecule has 1 aliphatic heterocycles. The van der Waals surface area contributed by atoms with Gasteiger partial charge in [0.25, 0.3) is 11.8 Å². The van der Waals surface area contributed by atoms with Crippen LogP contribution in [0.2, 0.25) is 0 Å². The highest BCUT2D eigenvalue weighted by molar-refractivity contribution is 5.99. The predicted molar refractivity (Wildman–Crippen MR) is 133 cm³/mol. The third-order valence-electron chi connectivity index (χ3n) is 6.19. The summed E-state index contributed by atoms with van der Waals surface area (Å²) in [5.41, 5.74) is 1.21. The highest BCUT2D eigenvalue weighted by atomic mass is 16.5. The number of nitrogens with zero attached hydrogens (tertiary/aromatic N) is 3. The summed E-state index contributed by atoms with van der Waals surface area (Å²) in [6, 6.07) is 9.94. The Morgan fingerprint density at radius 2 is 1.97 bits per heavy atom. The summed E-state index contributed by atoms with van der Waals surface area (Å²) in [5.74, 6) is -0.264. The van der Waals surface area contributed by atoms with Crippen LogP contribution in [0.15, 0.2) is 42.6 Å². The summed E-state index contributed by atoms with van der Waals surface area (Å²) in [6.07, 6.45) is 1.62. The van der Waals surface area contributed by atoms with Gasteiger partial charge in [-0.25, -0.2) is 0 Å². The van der Waals surface area contributed by atoms with Crippen LogP contribution < -0.4 is 10.1 Å². The molecule has 9 nitrogen and oxygen atoms in total. The average Bonchev–Trinajstić information content (AvgIpc) is 2.88. The molecule has 9 heteroatoms. The maximum absolute atomic E-state index is 13.4. The van der Waals surface area contributed by atoms with E-state index in [9.17, 15) is 14.4 Å². The van der Waals surface area contributed by atoms with Crippen LogP contribution in [0, 0.1) is 5.92 Å². The van der Waals surface area contributed by atoms with Crippen LogP contribution in [0.1, 0.15) is 48.0 Å². The molecule has 0 aliphatic carbocycles. The number of rotatable bonds is 4. The van der Waals surface area contributed by atoms with Crippen LogP contribution >= 0.6 is 0 Å².